The minimum absolute atomic E-state index is 0.0906. The second kappa shape index (κ2) is 9.20. The minimum Gasteiger partial charge on any atom is -0.495 e. The fourth-order valence-corrected chi connectivity index (χ4v) is 4.20. The van der Waals surface area contributed by atoms with E-state index in [0.717, 1.165) is 9.87 Å². The molecule has 0 saturated heterocycles. The maximum absolute atomic E-state index is 13.3. The summed E-state index contributed by atoms with van der Waals surface area (Å²) >= 11 is 0. The van der Waals surface area contributed by atoms with Crippen LogP contribution in [0.15, 0.2) is 84.0 Å². The first-order valence-corrected chi connectivity index (χ1v) is 10.3. The number of anilines is 1. The Hall–Kier alpha value is -3.39. The van der Waals surface area contributed by atoms with Gasteiger partial charge in [0.15, 0.2) is 0 Å². The highest BCUT2D eigenvalue weighted by molar-refractivity contribution is 7.92. The summed E-state index contributed by atoms with van der Waals surface area (Å²) in [6, 6.07) is 18.2. The zero-order valence-electron chi connectivity index (χ0n) is 15.9. The molecule has 0 unspecified atom stereocenters. The van der Waals surface area contributed by atoms with Crippen LogP contribution in [0, 0.1) is 0 Å². The van der Waals surface area contributed by atoms with Crippen LogP contribution >= 0.6 is 0 Å². The molecule has 0 saturated carbocycles. The number of nitrogens with one attached hydrogen (secondary N) is 1. The molecule has 0 aliphatic rings. The summed E-state index contributed by atoms with van der Waals surface area (Å²) in [4.78, 5) is 16.6. The molecule has 1 N–H and O–H groups in total. The number of rotatable bonds is 8. The lowest BCUT2D eigenvalue weighted by Gasteiger charge is -2.25. The Kier molecular flexibility index (Phi) is 6.46. The molecule has 150 valence electrons. The number of carbonyl (C=O) groups excluding carboxylic acids is 1. The molecular formula is C21H21N3O4S. The Morgan fingerprint density at radius 1 is 1.00 bits per heavy atom. The van der Waals surface area contributed by atoms with Crippen molar-refractivity contribution in [1.82, 2.24) is 10.3 Å². The Morgan fingerprint density at radius 3 is 2.34 bits per heavy atom. The topological polar surface area (TPSA) is 88.6 Å². The highest BCUT2D eigenvalue weighted by Gasteiger charge is 2.29. The van der Waals surface area contributed by atoms with Crippen molar-refractivity contribution in [3.05, 3.63) is 84.7 Å². The summed E-state index contributed by atoms with van der Waals surface area (Å²) in [5.74, 6) is -0.0823. The van der Waals surface area contributed by atoms with Gasteiger partial charge in [0.05, 0.1) is 17.7 Å². The van der Waals surface area contributed by atoms with Crippen molar-refractivity contribution in [1.29, 1.82) is 0 Å². The summed E-state index contributed by atoms with van der Waals surface area (Å²) in [6.45, 7) is -0.116. The summed E-state index contributed by atoms with van der Waals surface area (Å²) in [5.41, 5.74) is 1.15. The van der Waals surface area contributed by atoms with Crippen molar-refractivity contribution in [2.24, 2.45) is 0 Å². The van der Waals surface area contributed by atoms with E-state index in [0.29, 0.717) is 5.75 Å². The number of benzene rings is 2. The van der Waals surface area contributed by atoms with Gasteiger partial charge in [-0.25, -0.2) is 8.42 Å². The predicted molar refractivity (Wildman–Crippen MR) is 110 cm³/mol. The first-order valence-electron chi connectivity index (χ1n) is 8.89. The van der Waals surface area contributed by atoms with Crippen LogP contribution in [0.1, 0.15) is 5.56 Å². The Morgan fingerprint density at radius 2 is 1.66 bits per heavy atom. The molecule has 7 nitrogen and oxygen atoms in total. The molecule has 1 aromatic heterocycles. The van der Waals surface area contributed by atoms with E-state index in [1.807, 2.05) is 0 Å². The molecular weight excluding hydrogens is 390 g/mol. The average Bonchev–Trinajstić information content (AvgIpc) is 2.77. The molecule has 29 heavy (non-hydrogen) atoms. The number of aromatic nitrogens is 1. The molecule has 2 aromatic carbocycles. The maximum Gasteiger partial charge on any atom is 0.264 e. The van der Waals surface area contributed by atoms with Crippen LogP contribution < -0.4 is 14.4 Å². The van der Waals surface area contributed by atoms with Gasteiger partial charge in [-0.1, -0.05) is 30.3 Å². The minimum atomic E-state index is -3.98. The lowest BCUT2D eigenvalue weighted by atomic mass is 10.2. The maximum atomic E-state index is 13.3. The van der Waals surface area contributed by atoms with E-state index < -0.39 is 15.9 Å². The first kappa shape index (κ1) is 20.3. The molecule has 3 aromatic rings. The first-order chi connectivity index (χ1) is 14.0. The molecule has 0 radical (unpaired) electrons. The molecule has 3 rings (SSSR count). The van der Waals surface area contributed by atoms with Crippen LogP contribution in [0.4, 0.5) is 5.69 Å². The van der Waals surface area contributed by atoms with E-state index in [-0.39, 0.29) is 23.7 Å². The third-order valence-corrected chi connectivity index (χ3v) is 5.99. The number of methoxy groups -OCH3 is 1. The number of hydrogen-bond acceptors (Lipinski definition) is 5. The van der Waals surface area contributed by atoms with Gasteiger partial charge in [0.25, 0.3) is 10.0 Å². The van der Waals surface area contributed by atoms with Gasteiger partial charge in [-0.15, -0.1) is 0 Å². The largest absolute Gasteiger partial charge is 0.495 e. The van der Waals surface area contributed by atoms with Crippen LogP contribution in [0.2, 0.25) is 0 Å². The summed E-state index contributed by atoms with van der Waals surface area (Å²) in [7, 11) is -2.53. The Bertz CT molecular complexity index is 1060. The van der Waals surface area contributed by atoms with Gasteiger partial charge in [-0.05, 0) is 42.0 Å². The van der Waals surface area contributed by atoms with Crippen LogP contribution in [0.25, 0.3) is 0 Å². The molecule has 0 fully saturated rings. The molecule has 0 atom stereocenters. The molecule has 1 amide bonds. The highest BCUT2D eigenvalue weighted by Crippen LogP contribution is 2.31. The zero-order valence-corrected chi connectivity index (χ0v) is 16.7. The van der Waals surface area contributed by atoms with Crippen molar-refractivity contribution >= 4 is 21.6 Å². The van der Waals surface area contributed by atoms with Crippen molar-refractivity contribution in [2.45, 2.75) is 11.4 Å². The van der Waals surface area contributed by atoms with Gasteiger partial charge < -0.3 is 10.1 Å². The van der Waals surface area contributed by atoms with Crippen LogP contribution in [0.5, 0.6) is 5.75 Å². The predicted octanol–water partition coefficient (Wildman–Crippen LogP) is 2.60. The van der Waals surface area contributed by atoms with Crippen molar-refractivity contribution in [2.75, 3.05) is 18.0 Å². The number of ether oxygens (including phenoxy) is 1. The smallest absolute Gasteiger partial charge is 0.264 e. The van der Waals surface area contributed by atoms with Gasteiger partial charge >= 0.3 is 0 Å². The van der Waals surface area contributed by atoms with Crippen molar-refractivity contribution < 1.29 is 17.9 Å². The molecule has 1 heterocycles. The summed E-state index contributed by atoms with van der Waals surface area (Å²) < 4.78 is 33.0. The third-order valence-electron chi connectivity index (χ3n) is 4.21. The van der Waals surface area contributed by atoms with E-state index in [2.05, 4.69) is 10.3 Å². The number of carbonyl (C=O) groups is 1. The van der Waals surface area contributed by atoms with Crippen LogP contribution in [-0.4, -0.2) is 33.0 Å². The van der Waals surface area contributed by atoms with Gasteiger partial charge in [-0.2, -0.15) is 0 Å². The van der Waals surface area contributed by atoms with E-state index in [9.17, 15) is 13.2 Å². The van der Waals surface area contributed by atoms with Gasteiger partial charge in [0.1, 0.15) is 12.3 Å². The molecule has 0 aliphatic heterocycles. The Labute approximate surface area is 170 Å². The number of para-hydroxylation sites is 2. The number of amides is 1. The van der Waals surface area contributed by atoms with E-state index >= 15 is 0 Å². The number of nitrogens with zero attached hydrogens (tertiary/aromatic N) is 2. The molecule has 0 aliphatic carbocycles. The SMILES string of the molecule is COc1ccccc1N(CC(=O)NCc1ccncc1)S(=O)(=O)c1ccccc1. The summed E-state index contributed by atoms with van der Waals surface area (Å²) in [5, 5.41) is 2.75. The lowest BCUT2D eigenvalue weighted by molar-refractivity contribution is -0.119. The highest BCUT2D eigenvalue weighted by atomic mass is 32.2. The molecule has 8 heteroatoms. The Balaban J connectivity index is 1.90. The fourth-order valence-electron chi connectivity index (χ4n) is 2.74. The van der Waals surface area contributed by atoms with E-state index in [1.54, 1.807) is 67.0 Å². The third kappa shape index (κ3) is 4.91. The van der Waals surface area contributed by atoms with Gasteiger partial charge in [0, 0.05) is 18.9 Å². The lowest BCUT2D eigenvalue weighted by Crippen LogP contribution is -2.40. The normalized spacial score (nSPS) is 10.9. The van der Waals surface area contributed by atoms with Crippen LogP contribution in [0.3, 0.4) is 0 Å². The van der Waals surface area contributed by atoms with Gasteiger partial charge in [-0.3, -0.25) is 14.1 Å². The second-order valence-electron chi connectivity index (χ2n) is 6.13. The quantitative estimate of drug-likeness (QED) is 0.616. The second-order valence-corrected chi connectivity index (χ2v) is 7.99. The van der Waals surface area contributed by atoms with Gasteiger partial charge in [0.2, 0.25) is 5.91 Å². The summed E-state index contributed by atoms with van der Waals surface area (Å²) in [6.07, 6.45) is 3.25. The van der Waals surface area contributed by atoms with E-state index in [1.165, 1.54) is 19.2 Å². The van der Waals surface area contributed by atoms with Crippen molar-refractivity contribution in [3.8, 4) is 5.75 Å². The zero-order chi connectivity index (χ0) is 20.7. The molecule has 0 spiro atoms. The number of sulfonamides is 1. The standard InChI is InChI=1S/C21H21N3O4S/c1-28-20-10-6-5-9-19(20)24(29(26,27)18-7-3-2-4-8-18)16-21(25)23-15-17-11-13-22-14-12-17/h2-14H,15-16H2,1H3,(H,23,25). The van der Waals surface area contributed by atoms with E-state index in [4.69, 9.17) is 4.74 Å². The number of hydrogen-bond donors (Lipinski definition) is 1. The fraction of sp³-hybridized carbons (Fsp3) is 0.143. The molecule has 0 bridgehead atoms. The monoisotopic (exact) mass is 411 g/mol. The van der Waals surface area contributed by atoms with Crippen molar-refractivity contribution in [3.63, 3.8) is 0 Å². The van der Waals surface area contributed by atoms with Crippen LogP contribution in [-0.2, 0) is 21.4 Å². The average molecular weight is 411 g/mol. The number of pyridine rings is 1.